The van der Waals surface area contributed by atoms with Gasteiger partial charge in [0.1, 0.15) is 11.7 Å². The molecule has 0 saturated heterocycles. The van der Waals surface area contributed by atoms with E-state index in [0.717, 1.165) is 22.5 Å². The van der Waals surface area contributed by atoms with Crippen LogP contribution in [0.4, 0.5) is 11.4 Å². The molecule has 0 aliphatic carbocycles. The molecule has 1 heterocycles. The lowest BCUT2D eigenvalue weighted by Gasteiger charge is -2.12. The topological polar surface area (TPSA) is 76.8 Å². The minimum absolute atomic E-state index is 0.453. The SMILES string of the molecule is NC1=Nc2ccccc2C(N)=Nc2ccccc21. The molecule has 2 aromatic rings. The fraction of sp³-hybridized carbons (Fsp3) is 0. The first-order valence-electron chi connectivity index (χ1n) is 5.63. The van der Waals surface area contributed by atoms with Crippen molar-refractivity contribution in [3.8, 4) is 0 Å². The van der Waals surface area contributed by atoms with Crippen molar-refractivity contribution in [2.45, 2.75) is 0 Å². The number of benzene rings is 2. The number of nitrogens with two attached hydrogens (primary N) is 2. The summed E-state index contributed by atoms with van der Waals surface area (Å²) >= 11 is 0. The Morgan fingerprint density at radius 3 is 1.44 bits per heavy atom. The van der Waals surface area contributed by atoms with Crippen LogP contribution in [0.3, 0.4) is 0 Å². The molecule has 0 amide bonds. The first kappa shape index (κ1) is 10.5. The molecule has 88 valence electrons. The highest BCUT2D eigenvalue weighted by Gasteiger charge is 2.13. The molecule has 1 aliphatic rings. The maximum atomic E-state index is 6.02. The van der Waals surface area contributed by atoms with Crippen molar-refractivity contribution < 1.29 is 0 Å². The van der Waals surface area contributed by atoms with Gasteiger partial charge in [-0.3, -0.25) is 0 Å². The van der Waals surface area contributed by atoms with Gasteiger partial charge in [-0.25, -0.2) is 9.98 Å². The van der Waals surface area contributed by atoms with Crippen LogP contribution in [0, 0.1) is 0 Å². The van der Waals surface area contributed by atoms with Crippen molar-refractivity contribution >= 4 is 23.0 Å². The minimum atomic E-state index is 0.453. The van der Waals surface area contributed by atoms with Crippen molar-refractivity contribution in [2.75, 3.05) is 0 Å². The number of rotatable bonds is 0. The predicted molar refractivity (Wildman–Crippen MR) is 73.7 cm³/mol. The Balaban J connectivity index is 2.31. The van der Waals surface area contributed by atoms with E-state index in [1.54, 1.807) is 0 Å². The summed E-state index contributed by atoms with van der Waals surface area (Å²) in [6, 6.07) is 15.1. The highest BCUT2D eigenvalue weighted by molar-refractivity contribution is 6.10. The molecule has 0 radical (unpaired) electrons. The van der Waals surface area contributed by atoms with Crippen LogP contribution in [-0.2, 0) is 0 Å². The summed E-state index contributed by atoms with van der Waals surface area (Å²) < 4.78 is 0. The van der Waals surface area contributed by atoms with Gasteiger partial charge in [0.15, 0.2) is 0 Å². The van der Waals surface area contributed by atoms with E-state index in [-0.39, 0.29) is 0 Å². The molecule has 4 heteroatoms. The lowest BCUT2D eigenvalue weighted by molar-refractivity contribution is 1.36. The monoisotopic (exact) mass is 236 g/mol. The molecular weight excluding hydrogens is 224 g/mol. The van der Waals surface area contributed by atoms with Crippen LogP contribution in [-0.4, -0.2) is 11.7 Å². The van der Waals surface area contributed by atoms with Crippen LogP contribution in [0.2, 0.25) is 0 Å². The number of hydrogen-bond donors (Lipinski definition) is 2. The Bertz CT molecular complexity index is 611. The molecule has 18 heavy (non-hydrogen) atoms. The zero-order valence-corrected chi connectivity index (χ0v) is 9.67. The Labute approximate surface area is 105 Å². The molecule has 0 atom stereocenters. The van der Waals surface area contributed by atoms with Crippen LogP contribution in [0.25, 0.3) is 0 Å². The Morgan fingerprint density at radius 1 is 0.611 bits per heavy atom. The molecule has 0 aromatic heterocycles. The maximum absolute atomic E-state index is 6.02. The first-order valence-corrected chi connectivity index (χ1v) is 5.63. The molecule has 0 spiro atoms. The van der Waals surface area contributed by atoms with Gasteiger partial charge in [0.2, 0.25) is 0 Å². The van der Waals surface area contributed by atoms with Crippen molar-refractivity contribution in [3.05, 3.63) is 59.7 Å². The lowest BCUT2D eigenvalue weighted by Crippen LogP contribution is -2.18. The second kappa shape index (κ2) is 4.00. The summed E-state index contributed by atoms with van der Waals surface area (Å²) in [6.07, 6.45) is 0. The van der Waals surface area contributed by atoms with Crippen molar-refractivity contribution in [1.29, 1.82) is 0 Å². The molecular formula is C14H12N4. The normalized spacial score (nSPS) is 13.6. The number of fused-ring (bicyclic) bond motifs is 2. The second-order valence-corrected chi connectivity index (χ2v) is 4.03. The molecule has 4 N–H and O–H groups in total. The smallest absolute Gasteiger partial charge is 0.133 e. The van der Waals surface area contributed by atoms with Gasteiger partial charge >= 0.3 is 0 Å². The summed E-state index contributed by atoms with van der Waals surface area (Å²) in [5.74, 6) is 0.906. The average Bonchev–Trinajstić information content (AvgIpc) is 2.38. The van der Waals surface area contributed by atoms with Gasteiger partial charge in [-0.2, -0.15) is 0 Å². The molecule has 0 saturated carbocycles. The molecule has 3 rings (SSSR count). The zero-order valence-electron chi connectivity index (χ0n) is 9.67. The number of nitrogens with zero attached hydrogens (tertiary/aromatic N) is 2. The van der Waals surface area contributed by atoms with Crippen LogP contribution in [0.1, 0.15) is 11.1 Å². The number of amidine groups is 2. The van der Waals surface area contributed by atoms with Gasteiger partial charge in [-0.05, 0) is 24.3 Å². The van der Waals surface area contributed by atoms with E-state index in [9.17, 15) is 0 Å². The van der Waals surface area contributed by atoms with Gasteiger partial charge in [-0.1, -0.05) is 24.3 Å². The van der Waals surface area contributed by atoms with Crippen molar-refractivity contribution in [1.82, 2.24) is 0 Å². The van der Waals surface area contributed by atoms with E-state index in [4.69, 9.17) is 11.5 Å². The highest BCUT2D eigenvalue weighted by atomic mass is 14.9. The maximum Gasteiger partial charge on any atom is 0.133 e. The molecule has 0 fully saturated rings. The molecule has 2 aromatic carbocycles. The van der Waals surface area contributed by atoms with Crippen molar-refractivity contribution in [2.24, 2.45) is 21.5 Å². The zero-order chi connectivity index (χ0) is 12.5. The average molecular weight is 236 g/mol. The van der Waals surface area contributed by atoms with Gasteiger partial charge in [0, 0.05) is 11.1 Å². The molecule has 0 bridgehead atoms. The lowest BCUT2D eigenvalue weighted by atomic mass is 10.1. The summed E-state index contributed by atoms with van der Waals surface area (Å²) in [6.45, 7) is 0. The third-order valence-corrected chi connectivity index (χ3v) is 2.84. The second-order valence-electron chi connectivity index (χ2n) is 4.03. The van der Waals surface area contributed by atoms with Crippen LogP contribution < -0.4 is 11.5 Å². The van der Waals surface area contributed by atoms with E-state index >= 15 is 0 Å². The Kier molecular flexibility index (Phi) is 2.34. The van der Waals surface area contributed by atoms with E-state index in [0.29, 0.717) is 11.7 Å². The predicted octanol–water partition coefficient (Wildman–Crippen LogP) is 2.07. The molecule has 1 aliphatic heterocycles. The Morgan fingerprint density at radius 2 is 1.00 bits per heavy atom. The number of para-hydroxylation sites is 2. The van der Waals surface area contributed by atoms with Crippen LogP contribution in [0.15, 0.2) is 58.5 Å². The quantitative estimate of drug-likeness (QED) is 0.734. The Hall–Kier alpha value is -2.62. The summed E-state index contributed by atoms with van der Waals surface area (Å²) in [5.41, 5.74) is 15.1. The van der Waals surface area contributed by atoms with Gasteiger partial charge in [0.05, 0.1) is 11.4 Å². The summed E-state index contributed by atoms with van der Waals surface area (Å²) in [4.78, 5) is 8.85. The minimum Gasteiger partial charge on any atom is -0.383 e. The van der Waals surface area contributed by atoms with Gasteiger partial charge in [-0.15, -0.1) is 0 Å². The molecule has 4 nitrogen and oxygen atoms in total. The third-order valence-electron chi connectivity index (χ3n) is 2.84. The van der Waals surface area contributed by atoms with Crippen LogP contribution >= 0.6 is 0 Å². The van der Waals surface area contributed by atoms with E-state index < -0.39 is 0 Å². The fourth-order valence-electron chi connectivity index (χ4n) is 1.96. The van der Waals surface area contributed by atoms with Crippen molar-refractivity contribution in [3.63, 3.8) is 0 Å². The first-order chi connectivity index (χ1) is 8.75. The highest BCUT2D eigenvalue weighted by Crippen LogP contribution is 2.26. The fourth-order valence-corrected chi connectivity index (χ4v) is 1.96. The molecule has 0 unspecified atom stereocenters. The third kappa shape index (κ3) is 1.64. The van der Waals surface area contributed by atoms with Crippen LogP contribution in [0.5, 0.6) is 0 Å². The van der Waals surface area contributed by atoms with E-state index in [2.05, 4.69) is 9.98 Å². The number of hydrogen-bond acceptors (Lipinski definition) is 4. The van der Waals surface area contributed by atoms with E-state index in [1.807, 2.05) is 48.5 Å². The van der Waals surface area contributed by atoms with E-state index in [1.165, 1.54) is 0 Å². The summed E-state index contributed by atoms with van der Waals surface area (Å²) in [5, 5.41) is 0. The largest absolute Gasteiger partial charge is 0.383 e. The standard InChI is InChI=1S/C14H12N4/c15-13-9-5-1-3-7-11(9)17-14(16)10-6-2-4-8-12(10)18-13/h1-8H,(H2,15,18)(H2,16,17). The van der Waals surface area contributed by atoms with Gasteiger partial charge in [0.25, 0.3) is 0 Å². The summed E-state index contributed by atoms with van der Waals surface area (Å²) in [7, 11) is 0. The number of aliphatic imine (C=N–C) groups is 2. The van der Waals surface area contributed by atoms with Gasteiger partial charge < -0.3 is 11.5 Å².